The molecule has 2 N–H and O–H groups in total. The van der Waals surface area contributed by atoms with Gasteiger partial charge in [0.15, 0.2) is 0 Å². The minimum atomic E-state index is -3.69. The van der Waals surface area contributed by atoms with Crippen LogP contribution in [0, 0.1) is 5.82 Å². The molecule has 0 bridgehead atoms. The van der Waals surface area contributed by atoms with E-state index in [1.54, 1.807) is 54.7 Å². The molecule has 3 aromatic rings. The van der Waals surface area contributed by atoms with Crippen LogP contribution in [0.4, 0.5) is 15.8 Å². The summed E-state index contributed by atoms with van der Waals surface area (Å²) in [6.45, 7) is 0. The van der Waals surface area contributed by atoms with Crippen LogP contribution in [0.15, 0.2) is 82.8 Å². The number of sulfonamides is 1. The summed E-state index contributed by atoms with van der Waals surface area (Å²) in [7, 11) is -2.18. The molecule has 0 aliphatic heterocycles. The lowest BCUT2D eigenvalue weighted by atomic mass is 10.2. The molecule has 28 heavy (non-hydrogen) atoms. The molecule has 3 aromatic carbocycles. The van der Waals surface area contributed by atoms with Crippen molar-refractivity contribution in [2.75, 3.05) is 17.3 Å². The Morgan fingerprint density at radius 2 is 1.50 bits per heavy atom. The Morgan fingerprint density at radius 1 is 0.893 bits per heavy atom. The molecule has 0 radical (unpaired) electrons. The highest BCUT2D eigenvalue weighted by molar-refractivity contribution is 7.92. The lowest BCUT2D eigenvalue weighted by Crippen LogP contribution is -2.12. The summed E-state index contributed by atoms with van der Waals surface area (Å²) in [4.78, 5) is 0.138. The van der Waals surface area contributed by atoms with Gasteiger partial charge >= 0.3 is 0 Å². The van der Waals surface area contributed by atoms with E-state index in [0.29, 0.717) is 17.1 Å². The molecule has 8 heteroatoms. The summed E-state index contributed by atoms with van der Waals surface area (Å²) in [6.07, 6.45) is 1.56. The molecule has 3 rings (SSSR count). The van der Waals surface area contributed by atoms with Gasteiger partial charge in [0.1, 0.15) is 11.6 Å². The molecular weight excluding hydrogens is 381 g/mol. The summed E-state index contributed by atoms with van der Waals surface area (Å²) in [6, 6.07) is 18.7. The fourth-order valence-electron chi connectivity index (χ4n) is 2.31. The Morgan fingerprint density at radius 3 is 2.11 bits per heavy atom. The molecule has 0 spiro atoms. The maximum absolute atomic E-state index is 12.9. The van der Waals surface area contributed by atoms with E-state index in [2.05, 4.69) is 15.2 Å². The van der Waals surface area contributed by atoms with Crippen LogP contribution in [-0.2, 0) is 10.0 Å². The van der Waals surface area contributed by atoms with Crippen molar-refractivity contribution >= 4 is 27.6 Å². The monoisotopic (exact) mass is 399 g/mol. The lowest BCUT2D eigenvalue weighted by molar-refractivity contribution is 0.414. The van der Waals surface area contributed by atoms with Gasteiger partial charge in [-0.05, 0) is 66.2 Å². The molecule has 0 atom stereocenters. The average molecular weight is 399 g/mol. The largest absolute Gasteiger partial charge is 0.497 e. The fourth-order valence-corrected chi connectivity index (χ4v) is 3.37. The van der Waals surface area contributed by atoms with Crippen molar-refractivity contribution in [3.63, 3.8) is 0 Å². The molecule has 0 saturated carbocycles. The van der Waals surface area contributed by atoms with E-state index in [0.717, 1.165) is 5.56 Å². The zero-order chi connectivity index (χ0) is 20.0. The second kappa shape index (κ2) is 8.53. The van der Waals surface area contributed by atoms with E-state index in [4.69, 9.17) is 4.74 Å². The van der Waals surface area contributed by atoms with Crippen molar-refractivity contribution in [3.8, 4) is 5.75 Å². The van der Waals surface area contributed by atoms with Crippen LogP contribution in [0.3, 0.4) is 0 Å². The van der Waals surface area contributed by atoms with Crippen molar-refractivity contribution in [3.05, 3.63) is 84.2 Å². The standard InChI is InChI=1S/C20H18FN3O3S/c1-27-19-10-12-20(13-11-19)28(25,26)24-18-8-6-17(7-9-18)23-22-14-15-2-4-16(21)5-3-15/h2-14,23-24H,1H3/b22-14+. The first kappa shape index (κ1) is 19.4. The first-order chi connectivity index (χ1) is 13.5. The van der Waals surface area contributed by atoms with E-state index in [1.807, 2.05) is 0 Å². The van der Waals surface area contributed by atoms with E-state index < -0.39 is 10.0 Å². The smallest absolute Gasteiger partial charge is 0.261 e. The average Bonchev–Trinajstić information content (AvgIpc) is 2.70. The summed E-state index contributed by atoms with van der Waals surface area (Å²) in [5.41, 5.74) is 4.67. The van der Waals surface area contributed by atoms with Gasteiger partial charge in [0, 0.05) is 5.69 Å². The van der Waals surface area contributed by atoms with Gasteiger partial charge in [0.05, 0.1) is 23.9 Å². The number of rotatable bonds is 7. The molecule has 0 aromatic heterocycles. The third-order valence-electron chi connectivity index (χ3n) is 3.78. The van der Waals surface area contributed by atoms with Crippen molar-refractivity contribution in [2.45, 2.75) is 4.90 Å². The maximum atomic E-state index is 12.9. The summed E-state index contributed by atoms with van der Waals surface area (Å²) in [5, 5.41) is 4.06. The van der Waals surface area contributed by atoms with Crippen LogP contribution in [0.5, 0.6) is 5.75 Å². The third-order valence-corrected chi connectivity index (χ3v) is 5.18. The van der Waals surface area contributed by atoms with Crippen LogP contribution in [0.2, 0.25) is 0 Å². The number of ether oxygens (including phenoxy) is 1. The molecule has 0 unspecified atom stereocenters. The number of hydrazone groups is 1. The minimum absolute atomic E-state index is 0.138. The molecule has 0 aliphatic carbocycles. The molecule has 0 amide bonds. The van der Waals surface area contributed by atoms with Gasteiger partial charge in [-0.3, -0.25) is 10.1 Å². The number of anilines is 2. The van der Waals surface area contributed by atoms with Gasteiger partial charge in [-0.2, -0.15) is 5.10 Å². The fraction of sp³-hybridized carbons (Fsp3) is 0.0500. The predicted octanol–water partition coefficient (Wildman–Crippen LogP) is 4.08. The number of benzene rings is 3. The first-order valence-corrected chi connectivity index (χ1v) is 9.76. The van der Waals surface area contributed by atoms with Crippen LogP contribution in [-0.4, -0.2) is 21.7 Å². The van der Waals surface area contributed by atoms with Crippen LogP contribution in [0.25, 0.3) is 0 Å². The number of nitrogens with zero attached hydrogens (tertiary/aromatic N) is 1. The van der Waals surface area contributed by atoms with Gasteiger partial charge in [0.2, 0.25) is 0 Å². The summed E-state index contributed by atoms with van der Waals surface area (Å²) < 4.78 is 45.2. The molecule has 0 saturated heterocycles. The van der Waals surface area contributed by atoms with Gasteiger partial charge in [-0.25, -0.2) is 12.8 Å². The van der Waals surface area contributed by atoms with Gasteiger partial charge in [-0.15, -0.1) is 0 Å². The van der Waals surface area contributed by atoms with Crippen LogP contribution in [0.1, 0.15) is 5.56 Å². The van der Waals surface area contributed by atoms with Gasteiger partial charge in [0.25, 0.3) is 10.0 Å². The second-order valence-corrected chi connectivity index (χ2v) is 7.46. The van der Waals surface area contributed by atoms with Crippen LogP contribution < -0.4 is 14.9 Å². The first-order valence-electron chi connectivity index (χ1n) is 8.28. The third kappa shape index (κ3) is 5.08. The van der Waals surface area contributed by atoms with Gasteiger partial charge < -0.3 is 4.74 Å². The molecule has 0 fully saturated rings. The Hall–Kier alpha value is -3.39. The SMILES string of the molecule is COc1ccc(S(=O)(=O)Nc2ccc(N/N=C/c3ccc(F)cc3)cc2)cc1. The van der Waals surface area contributed by atoms with E-state index >= 15 is 0 Å². The highest BCUT2D eigenvalue weighted by Gasteiger charge is 2.14. The summed E-state index contributed by atoms with van der Waals surface area (Å²) >= 11 is 0. The summed E-state index contributed by atoms with van der Waals surface area (Å²) in [5.74, 6) is 0.272. The number of hydrogen-bond acceptors (Lipinski definition) is 5. The highest BCUT2D eigenvalue weighted by atomic mass is 32.2. The Balaban J connectivity index is 1.62. The van der Waals surface area contributed by atoms with Crippen LogP contribution >= 0.6 is 0 Å². The maximum Gasteiger partial charge on any atom is 0.261 e. The van der Waals surface area contributed by atoms with Crippen molar-refractivity contribution in [2.24, 2.45) is 5.10 Å². The highest BCUT2D eigenvalue weighted by Crippen LogP contribution is 2.20. The van der Waals surface area contributed by atoms with Crippen molar-refractivity contribution < 1.29 is 17.5 Å². The molecule has 6 nitrogen and oxygen atoms in total. The Labute approximate surface area is 162 Å². The molecular formula is C20H18FN3O3S. The quantitative estimate of drug-likeness (QED) is 0.463. The van der Waals surface area contributed by atoms with E-state index in [1.165, 1.54) is 31.4 Å². The van der Waals surface area contributed by atoms with E-state index in [-0.39, 0.29) is 10.7 Å². The number of hydrogen-bond donors (Lipinski definition) is 2. The minimum Gasteiger partial charge on any atom is -0.497 e. The predicted molar refractivity (Wildman–Crippen MR) is 108 cm³/mol. The topological polar surface area (TPSA) is 79.8 Å². The molecule has 144 valence electrons. The molecule has 0 aliphatic rings. The zero-order valence-electron chi connectivity index (χ0n) is 15.0. The second-order valence-electron chi connectivity index (χ2n) is 5.78. The Kier molecular flexibility index (Phi) is 5.90. The van der Waals surface area contributed by atoms with Crippen molar-refractivity contribution in [1.29, 1.82) is 0 Å². The molecule has 0 heterocycles. The van der Waals surface area contributed by atoms with E-state index in [9.17, 15) is 12.8 Å². The zero-order valence-corrected chi connectivity index (χ0v) is 15.8. The Bertz CT molecular complexity index is 1050. The number of halogens is 1. The number of methoxy groups -OCH3 is 1. The van der Waals surface area contributed by atoms with Gasteiger partial charge in [-0.1, -0.05) is 12.1 Å². The normalized spacial score (nSPS) is 11.4. The lowest BCUT2D eigenvalue weighted by Gasteiger charge is -2.09. The van der Waals surface area contributed by atoms with Crippen molar-refractivity contribution in [1.82, 2.24) is 0 Å². The number of nitrogens with one attached hydrogen (secondary N) is 2.